The molecule has 1 amide bonds. The van der Waals surface area contributed by atoms with Gasteiger partial charge in [0.2, 0.25) is 5.91 Å². The third kappa shape index (κ3) is 5.49. The van der Waals surface area contributed by atoms with Gasteiger partial charge in [-0.15, -0.1) is 0 Å². The third-order valence-electron chi connectivity index (χ3n) is 5.36. The number of aliphatic hydroxyl groups is 1. The number of benzene rings is 1. The fourth-order valence-corrected chi connectivity index (χ4v) is 3.29. The van der Waals surface area contributed by atoms with Gasteiger partial charge in [0.25, 0.3) is 0 Å². The van der Waals surface area contributed by atoms with E-state index in [1.54, 1.807) is 12.1 Å². The van der Waals surface area contributed by atoms with Gasteiger partial charge in [-0.3, -0.25) is 4.79 Å². The third-order valence-corrected chi connectivity index (χ3v) is 5.36. The second kappa shape index (κ2) is 8.25. The molecule has 5 nitrogen and oxygen atoms in total. The highest BCUT2D eigenvalue weighted by Crippen LogP contribution is 2.30. The summed E-state index contributed by atoms with van der Waals surface area (Å²) in [5.41, 5.74) is 0.476. The van der Waals surface area contributed by atoms with Crippen molar-refractivity contribution in [1.29, 1.82) is 0 Å². The molecule has 3 N–H and O–H groups in total. The van der Waals surface area contributed by atoms with Crippen LogP contribution in [-0.2, 0) is 4.79 Å². The molecule has 2 aliphatic rings. The number of anilines is 1. The zero-order valence-electron chi connectivity index (χ0n) is 14.6. The number of carbonyl (C=O) groups is 1. The van der Waals surface area contributed by atoms with Gasteiger partial charge in [-0.05, 0) is 75.5 Å². The second-order valence-electron chi connectivity index (χ2n) is 7.41. The predicted octanol–water partition coefficient (Wildman–Crippen LogP) is 1.98. The van der Waals surface area contributed by atoms with Crippen LogP contribution >= 0.6 is 0 Å². The Morgan fingerprint density at radius 1 is 1.24 bits per heavy atom. The maximum Gasteiger partial charge on any atom is 0.225 e. The SMILES string of the molecule is O=C(CCN1CCC(CO)(NCC2CC2)CC1)Nc1ccc(F)cc1. The van der Waals surface area contributed by atoms with Crippen molar-refractivity contribution in [3.05, 3.63) is 30.1 Å². The van der Waals surface area contributed by atoms with Crippen LogP contribution in [0.3, 0.4) is 0 Å². The Kier molecular flexibility index (Phi) is 6.04. The van der Waals surface area contributed by atoms with Crippen molar-refractivity contribution in [2.45, 2.75) is 37.6 Å². The normalized spacial score (nSPS) is 20.4. The van der Waals surface area contributed by atoms with E-state index >= 15 is 0 Å². The highest BCUT2D eigenvalue weighted by atomic mass is 19.1. The molecule has 0 atom stereocenters. The summed E-state index contributed by atoms with van der Waals surface area (Å²) in [6, 6.07) is 5.80. The summed E-state index contributed by atoms with van der Waals surface area (Å²) in [5, 5.41) is 16.2. The lowest BCUT2D eigenvalue weighted by Crippen LogP contribution is -2.56. The molecule has 1 saturated carbocycles. The standard InChI is InChI=1S/C19H28FN3O2/c20-16-3-5-17(6-4-16)22-18(25)7-10-23-11-8-19(14-24,9-12-23)21-13-15-1-2-15/h3-6,15,21,24H,1-2,7-14H2,(H,22,25). The van der Waals surface area contributed by atoms with Crippen LogP contribution in [0.5, 0.6) is 0 Å². The first kappa shape index (κ1) is 18.3. The minimum Gasteiger partial charge on any atom is -0.394 e. The van der Waals surface area contributed by atoms with Crippen molar-refractivity contribution in [2.24, 2.45) is 5.92 Å². The largest absolute Gasteiger partial charge is 0.394 e. The molecule has 1 aliphatic carbocycles. The molecule has 3 rings (SSSR count). The van der Waals surface area contributed by atoms with Gasteiger partial charge in [-0.25, -0.2) is 4.39 Å². The van der Waals surface area contributed by atoms with Crippen LogP contribution < -0.4 is 10.6 Å². The summed E-state index contributed by atoms with van der Waals surface area (Å²) >= 11 is 0. The fraction of sp³-hybridized carbons (Fsp3) is 0.632. The summed E-state index contributed by atoms with van der Waals surface area (Å²) in [5.74, 6) is 0.433. The molecule has 1 aromatic carbocycles. The molecule has 1 aromatic rings. The maximum atomic E-state index is 12.9. The minimum absolute atomic E-state index is 0.0579. The number of aliphatic hydroxyl groups excluding tert-OH is 1. The van der Waals surface area contributed by atoms with Crippen LogP contribution in [0.2, 0.25) is 0 Å². The Balaban J connectivity index is 1.37. The van der Waals surface area contributed by atoms with E-state index in [-0.39, 0.29) is 23.9 Å². The number of hydrogen-bond donors (Lipinski definition) is 3. The van der Waals surface area contributed by atoms with Crippen LogP contribution in [-0.4, -0.2) is 54.2 Å². The Morgan fingerprint density at radius 2 is 1.92 bits per heavy atom. The Morgan fingerprint density at radius 3 is 2.52 bits per heavy atom. The van der Waals surface area contributed by atoms with E-state index in [9.17, 15) is 14.3 Å². The van der Waals surface area contributed by atoms with E-state index in [0.717, 1.165) is 38.4 Å². The highest BCUT2D eigenvalue weighted by molar-refractivity contribution is 5.90. The van der Waals surface area contributed by atoms with Gasteiger partial charge < -0.3 is 20.6 Å². The number of hydrogen-bond acceptors (Lipinski definition) is 4. The molecule has 25 heavy (non-hydrogen) atoms. The number of rotatable bonds is 8. The van der Waals surface area contributed by atoms with E-state index in [1.165, 1.54) is 25.0 Å². The molecule has 0 bridgehead atoms. The first-order valence-corrected chi connectivity index (χ1v) is 9.22. The van der Waals surface area contributed by atoms with Crippen LogP contribution in [0.25, 0.3) is 0 Å². The number of likely N-dealkylation sites (tertiary alicyclic amines) is 1. The highest BCUT2D eigenvalue weighted by Gasteiger charge is 2.35. The first-order chi connectivity index (χ1) is 12.1. The average molecular weight is 349 g/mol. The summed E-state index contributed by atoms with van der Waals surface area (Å²) in [7, 11) is 0. The molecule has 0 aromatic heterocycles. The second-order valence-corrected chi connectivity index (χ2v) is 7.41. The van der Waals surface area contributed by atoms with Crippen LogP contribution in [0.15, 0.2) is 24.3 Å². The summed E-state index contributed by atoms with van der Waals surface area (Å²) in [6.07, 6.45) is 4.86. The van der Waals surface area contributed by atoms with Crippen molar-refractivity contribution in [1.82, 2.24) is 10.2 Å². The predicted molar refractivity (Wildman–Crippen MR) is 95.9 cm³/mol. The molecular weight excluding hydrogens is 321 g/mol. The monoisotopic (exact) mass is 349 g/mol. The molecule has 1 aliphatic heterocycles. The van der Waals surface area contributed by atoms with Crippen LogP contribution in [0.4, 0.5) is 10.1 Å². The summed E-state index contributed by atoms with van der Waals surface area (Å²) in [4.78, 5) is 14.3. The molecule has 2 fully saturated rings. The minimum atomic E-state index is -0.311. The van der Waals surface area contributed by atoms with Gasteiger partial charge in [-0.2, -0.15) is 0 Å². The van der Waals surface area contributed by atoms with Crippen molar-refractivity contribution >= 4 is 11.6 Å². The van der Waals surface area contributed by atoms with Crippen LogP contribution in [0.1, 0.15) is 32.1 Å². The molecule has 0 unspecified atom stereocenters. The summed E-state index contributed by atoms with van der Waals surface area (Å²) < 4.78 is 12.9. The number of nitrogens with zero attached hydrogens (tertiary/aromatic N) is 1. The fourth-order valence-electron chi connectivity index (χ4n) is 3.29. The van der Waals surface area contributed by atoms with Gasteiger partial charge in [0.15, 0.2) is 0 Å². The molecule has 1 heterocycles. The zero-order valence-corrected chi connectivity index (χ0v) is 14.6. The Bertz CT molecular complexity index is 567. The van der Waals surface area contributed by atoms with Gasteiger partial charge in [-0.1, -0.05) is 0 Å². The lowest BCUT2D eigenvalue weighted by Gasteiger charge is -2.41. The molecule has 1 saturated heterocycles. The van der Waals surface area contributed by atoms with Gasteiger partial charge in [0, 0.05) is 24.2 Å². The Labute approximate surface area is 148 Å². The van der Waals surface area contributed by atoms with E-state index in [2.05, 4.69) is 15.5 Å². The van der Waals surface area contributed by atoms with Crippen molar-refractivity contribution in [2.75, 3.05) is 38.1 Å². The summed E-state index contributed by atoms with van der Waals surface area (Å²) in [6.45, 7) is 3.68. The van der Waals surface area contributed by atoms with E-state index < -0.39 is 0 Å². The molecular formula is C19H28FN3O2. The zero-order chi connectivity index (χ0) is 17.7. The Hall–Kier alpha value is -1.50. The van der Waals surface area contributed by atoms with E-state index in [1.807, 2.05) is 0 Å². The smallest absolute Gasteiger partial charge is 0.225 e. The van der Waals surface area contributed by atoms with Gasteiger partial charge in [0.05, 0.1) is 6.61 Å². The lowest BCUT2D eigenvalue weighted by atomic mass is 9.88. The number of halogens is 1. The quantitative estimate of drug-likeness (QED) is 0.672. The number of nitrogens with one attached hydrogen (secondary N) is 2. The molecule has 138 valence electrons. The van der Waals surface area contributed by atoms with E-state index in [4.69, 9.17) is 0 Å². The van der Waals surface area contributed by atoms with Gasteiger partial charge >= 0.3 is 0 Å². The average Bonchev–Trinajstić information content (AvgIpc) is 3.46. The molecule has 0 spiro atoms. The number of carbonyl (C=O) groups excluding carboxylic acids is 1. The topological polar surface area (TPSA) is 64.6 Å². The number of piperidine rings is 1. The van der Waals surface area contributed by atoms with Crippen molar-refractivity contribution < 1.29 is 14.3 Å². The van der Waals surface area contributed by atoms with Crippen molar-refractivity contribution in [3.8, 4) is 0 Å². The number of amides is 1. The molecule has 6 heteroatoms. The molecule has 0 radical (unpaired) electrons. The lowest BCUT2D eigenvalue weighted by molar-refractivity contribution is -0.116. The van der Waals surface area contributed by atoms with Crippen molar-refractivity contribution in [3.63, 3.8) is 0 Å². The van der Waals surface area contributed by atoms with Crippen LogP contribution in [0, 0.1) is 11.7 Å². The first-order valence-electron chi connectivity index (χ1n) is 9.22. The van der Waals surface area contributed by atoms with E-state index in [0.29, 0.717) is 18.7 Å². The van der Waals surface area contributed by atoms with Gasteiger partial charge in [0.1, 0.15) is 5.82 Å². The maximum absolute atomic E-state index is 12.9.